The second-order valence-electron chi connectivity index (χ2n) is 7.49. The number of anilines is 1. The van der Waals surface area contributed by atoms with Gasteiger partial charge in [0, 0.05) is 17.4 Å². The molecule has 1 unspecified atom stereocenters. The minimum absolute atomic E-state index is 0.0957. The molecule has 1 aromatic heterocycles. The summed E-state index contributed by atoms with van der Waals surface area (Å²) in [5.41, 5.74) is 3.85. The second-order valence-corrected chi connectivity index (χ2v) is 7.49. The number of hydrogen-bond acceptors (Lipinski definition) is 4. The van der Waals surface area contributed by atoms with Crippen LogP contribution in [0, 0.1) is 17.5 Å². The predicted molar refractivity (Wildman–Crippen MR) is 119 cm³/mol. The van der Waals surface area contributed by atoms with E-state index in [0.29, 0.717) is 16.8 Å². The third kappa shape index (κ3) is 4.86. The average Bonchev–Trinajstić information content (AvgIpc) is 3.32. The summed E-state index contributed by atoms with van der Waals surface area (Å²) in [5.74, 6) is -5.62. The van der Waals surface area contributed by atoms with Crippen LogP contribution in [0.5, 0.6) is 0 Å². The molecule has 5 N–H and O–H groups in total. The van der Waals surface area contributed by atoms with Gasteiger partial charge in [0.05, 0.1) is 6.54 Å². The number of amides is 2. The van der Waals surface area contributed by atoms with Gasteiger partial charge >= 0.3 is 0 Å². The topological polar surface area (TPSA) is 106 Å². The number of aromatic amines is 1. The van der Waals surface area contributed by atoms with Gasteiger partial charge in [-0.05, 0) is 52.4 Å². The number of carbonyl (C=O) groups is 2. The molecule has 0 saturated carbocycles. The van der Waals surface area contributed by atoms with Gasteiger partial charge in [-0.2, -0.15) is 0 Å². The molecule has 0 radical (unpaired) electrons. The first-order chi connectivity index (χ1) is 16.4. The lowest BCUT2D eigenvalue weighted by Gasteiger charge is -2.18. The SMILES string of the molecule is O=C(CNc1ccc2cc[nH]c2c1)NC(C(=O)NO)c1ccc(-c2cc(F)c(F)c(F)c2)cc1. The number of aromatic nitrogens is 1. The zero-order valence-electron chi connectivity index (χ0n) is 17.5. The zero-order chi connectivity index (χ0) is 24.2. The fourth-order valence-electron chi connectivity index (χ4n) is 3.51. The summed E-state index contributed by atoms with van der Waals surface area (Å²) in [6.45, 7) is -0.145. The Labute approximate surface area is 191 Å². The van der Waals surface area contributed by atoms with Crippen molar-refractivity contribution in [3.05, 3.63) is 89.9 Å². The molecule has 34 heavy (non-hydrogen) atoms. The first-order valence-corrected chi connectivity index (χ1v) is 10.1. The number of benzene rings is 3. The summed E-state index contributed by atoms with van der Waals surface area (Å²) in [7, 11) is 0. The van der Waals surface area contributed by atoms with E-state index in [2.05, 4.69) is 15.6 Å². The Kier molecular flexibility index (Phi) is 6.51. The molecule has 174 valence electrons. The maximum absolute atomic E-state index is 13.5. The summed E-state index contributed by atoms with van der Waals surface area (Å²) in [4.78, 5) is 27.7. The van der Waals surface area contributed by atoms with Crippen molar-refractivity contribution in [1.82, 2.24) is 15.8 Å². The fourth-order valence-corrected chi connectivity index (χ4v) is 3.51. The molecule has 7 nitrogen and oxygen atoms in total. The van der Waals surface area contributed by atoms with E-state index in [1.54, 1.807) is 12.3 Å². The lowest BCUT2D eigenvalue weighted by atomic mass is 10.00. The van der Waals surface area contributed by atoms with Crippen LogP contribution < -0.4 is 16.1 Å². The molecule has 0 aliphatic carbocycles. The van der Waals surface area contributed by atoms with Crippen molar-refractivity contribution in [1.29, 1.82) is 0 Å². The molecule has 3 aromatic carbocycles. The van der Waals surface area contributed by atoms with Crippen molar-refractivity contribution < 1.29 is 28.0 Å². The number of H-pyrrole nitrogens is 1. The minimum atomic E-state index is -1.57. The number of fused-ring (bicyclic) bond motifs is 1. The molecule has 1 atom stereocenters. The standard InChI is InChI=1S/C24H19F3N4O3/c25-18-9-16(10-19(26)22(18)27)13-1-3-15(4-2-13)23(24(33)31-34)30-21(32)12-29-17-6-5-14-7-8-28-20(14)11-17/h1-11,23,28-29,34H,12H2,(H,30,32)(H,31,33). The normalized spacial score (nSPS) is 11.8. The molecule has 0 aliphatic heterocycles. The first-order valence-electron chi connectivity index (χ1n) is 10.1. The monoisotopic (exact) mass is 468 g/mol. The summed E-state index contributed by atoms with van der Waals surface area (Å²) in [6.07, 6.45) is 1.80. The second kappa shape index (κ2) is 9.67. The van der Waals surface area contributed by atoms with E-state index in [0.717, 1.165) is 23.0 Å². The molecule has 0 saturated heterocycles. The van der Waals surface area contributed by atoms with Gasteiger partial charge in [0.15, 0.2) is 17.5 Å². The van der Waals surface area contributed by atoms with Gasteiger partial charge in [0.1, 0.15) is 6.04 Å². The molecule has 1 heterocycles. The summed E-state index contributed by atoms with van der Waals surface area (Å²) >= 11 is 0. The third-order valence-electron chi connectivity index (χ3n) is 5.25. The van der Waals surface area contributed by atoms with Crippen molar-refractivity contribution in [2.75, 3.05) is 11.9 Å². The average molecular weight is 468 g/mol. The first kappa shape index (κ1) is 22.9. The van der Waals surface area contributed by atoms with Gasteiger partial charge in [-0.1, -0.05) is 30.3 Å². The quantitative estimate of drug-likeness (QED) is 0.160. The lowest BCUT2D eigenvalue weighted by molar-refractivity contribution is -0.134. The predicted octanol–water partition coefficient (Wildman–Crippen LogP) is 4.03. The Morgan fingerprint density at radius 1 is 0.912 bits per heavy atom. The van der Waals surface area contributed by atoms with Crippen LogP contribution in [0.4, 0.5) is 18.9 Å². The van der Waals surface area contributed by atoms with Crippen LogP contribution in [0.3, 0.4) is 0 Å². The van der Waals surface area contributed by atoms with Crippen LogP contribution in [-0.2, 0) is 9.59 Å². The van der Waals surface area contributed by atoms with Gasteiger partial charge in [0.2, 0.25) is 5.91 Å². The van der Waals surface area contributed by atoms with Gasteiger partial charge in [-0.15, -0.1) is 0 Å². The van der Waals surface area contributed by atoms with Gasteiger partial charge in [-0.3, -0.25) is 14.8 Å². The third-order valence-corrected chi connectivity index (χ3v) is 5.25. The molecule has 2 amide bonds. The molecular formula is C24H19F3N4O3. The molecule has 0 fully saturated rings. The van der Waals surface area contributed by atoms with Crippen molar-refractivity contribution in [2.24, 2.45) is 0 Å². The number of carbonyl (C=O) groups excluding carboxylic acids is 2. The number of hydroxylamine groups is 1. The number of nitrogens with one attached hydrogen (secondary N) is 4. The number of hydrogen-bond donors (Lipinski definition) is 5. The van der Waals surface area contributed by atoms with E-state index in [4.69, 9.17) is 5.21 Å². The molecule has 4 aromatic rings. The lowest BCUT2D eigenvalue weighted by Crippen LogP contribution is -2.41. The molecular weight excluding hydrogens is 449 g/mol. The highest BCUT2D eigenvalue weighted by atomic mass is 19.2. The zero-order valence-corrected chi connectivity index (χ0v) is 17.5. The van der Waals surface area contributed by atoms with Crippen LogP contribution in [0.1, 0.15) is 11.6 Å². The van der Waals surface area contributed by atoms with Crippen molar-refractivity contribution in [3.8, 4) is 11.1 Å². The number of rotatable bonds is 7. The van der Waals surface area contributed by atoms with Crippen molar-refractivity contribution in [3.63, 3.8) is 0 Å². The van der Waals surface area contributed by atoms with E-state index in [1.165, 1.54) is 29.7 Å². The fraction of sp³-hybridized carbons (Fsp3) is 0.0833. The maximum atomic E-state index is 13.5. The van der Waals surface area contributed by atoms with Crippen LogP contribution in [-0.4, -0.2) is 28.6 Å². The van der Waals surface area contributed by atoms with E-state index in [9.17, 15) is 22.8 Å². The molecule has 0 bridgehead atoms. The van der Waals surface area contributed by atoms with E-state index in [-0.39, 0.29) is 12.1 Å². The molecule has 0 spiro atoms. The Hall–Kier alpha value is -4.31. The van der Waals surface area contributed by atoms with E-state index < -0.39 is 35.3 Å². The van der Waals surface area contributed by atoms with Crippen LogP contribution in [0.15, 0.2) is 66.9 Å². The highest BCUT2D eigenvalue weighted by Crippen LogP contribution is 2.25. The molecule has 10 heteroatoms. The van der Waals surface area contributed by atoms with Gasteiger partial charge in [0.25, 0.3) is 5.91 Å². The van der Waals surface area contributed by atoms with Crippen LogP contribution in [0.25, 0.3) is 22.0 Å². The van der Waals surface area contributed by atoms with Crippen molar-refractivity contribution in [2.45, 2.75) is 6.04 Å². The van der Waals surface area contributed by atoms with Crippen LogP contribution in [0.2, 0.25) is 0 Å². The molecule has 4 rings (SSSR count). The van der Waals surface area contributed by atoms with E-state index >= 15 is 0 Å². The van der Waals surface area contributed by atoms with Gasteiger partial charge in [-0.25, -0.2) is 18.7 Å². The Balaban J connectivity index is 1.46. The summed E-state index contributed by atoms with van der Waals surface area (Å²) < 4.78 is 40.3. The molecule has 0 aliphatic rings. The largest absolute Gasteiger partial charge is 0.376 e. The summed E-state index contributed by atoms with van der Waals surface area (Å²) in [5, 5.41) is 15.6. The van der Waals surface area contributed by atoms with Crippen molar-refractivity contribution >= 4 is 28.4 Å². The van der Waals surface area contributed by atoms with Crippen LogP contribution >= 0.6 is 0 Å². The minimum Gasteiger partial charge on any atom is -0.376 e. The smallest absolute Gasteiger partial charge is 0.270 e. The Bertz CT molecular complexity index is 1330. The number of halogens is 3. The summed E-state index contributed by atoms with van der Waals surface area (Å²) in [6, 6.07) is 13.7. The Morgan fingerprint density at radius 2 is 1.62 bits per heavy atom. The maximum Gasteiger partial charge on any atom is 0.270 e. The highest BCUT2D eigenvalue weighted by Gasteiger charge is 2.22. The van der Waals surface area contributed by atoms with Gasteiger partial charge < -0.3 is 15.6 Å². The highest BCUT2D eigenvalue weighted by molar-refractivity contribution is 5.90. The van der Waals surface area contributed by atoms with E-state index in [1.807, 2.05) is 18.2 Å². The Morgan fingerprint density at radius 3 is 2.29 bits per heavy atom.